The number of hydrogen-bond donors (Lipinski definition) is 2. The molecule has 2 aromatic heterocycles. The van der Waals surface area contributed by atoms with Crippen LogP contribution in [0.5, 0.6) is 0 Å². The van der Waals surface area contributed by atoms with E-state index in [-0.39, 0.29) is 23.0 Å². The van der Waals surface area contributed by atoms with Crippen LogP contribution < -0.4 is 5.32 Å². The number of fused-ring (bicyclic) bond motifs is 1. The molecule has 0 radical (unpaired) electrons. The summed E-state index contributed by atoms with van der Waals surface area (Å²) >= 11 is 2.77. The summed E-state index contributed by atoms with van der Waals surface area (Å²) < 4.78 is 5.25. The Morgan fingerprint density at radius 1 is 1.38 bits per heavy atom. The lowest BCUT2D eigenvalue weighted by Crippen LogP contribution is -2.17. The quantitative estimate of drug-likeness (QED) is 0.520. The van der Waals surface area contributed by atoms with Crippen LogP contribution in [0.1, 0.15) is 67.7 Å². The first kappa shape index (κ1) is 21.8. The van der Waals surface area contributed by atoms with E-state index in [0.29, 0.717) is 28.2 Å². The third-order valence-corrected chi connectivity index (χ3v) is 6.77. The van der Waals surface area contributed by atoms with E-state index in [9.17, 15) is 9.59 Å². The van der Waals surface area contributed by atoms with Gasteiger partial charge >= 0.3 is 5.97 Å². The van der Waals surface area contributed by atoms with Crippen molar-refractivity contribution in [3.05, 3.63) is 21.8 Å². The number of aromatic amines is 1. The van der Waals surface area contributed by atoms with Crippen molar-refractivity contribution in [1.82, 2.24) is 15.2 Å². The zero-order valence-electron chi connectivity index (χ0n) is 17.5. The molecule has 29 heavy (non-hydrogen) atoms. The molecule has 0 aliphatic heterocycles. The van der Waals surface area contributed by atoms with Gasteiger partial charge in [0.1, 0.15) is 10.8 Å². The second-order valence-electron chi connectivity index (χ2n) is 8.33. The summed E-state index contributed by atoms with van der Waals surface area (Å²) in [5.74, 6) is 0.992. The summed E-state index contributed by atoms with van der Waals surface area (Å²) in [5.41, 5.74) is 1.44. The maximum Gasteiger partial charge on any atom is 0.341 e. The molecular weight excluding hydrogens is 408 g/mol. The maximum absolute atomic E-state index is 12.6. The van der Waals surface area contributed by atoms with E-state index in [1.54, 1.807) is 6.92 Å². The van der Waals surface area contributed by atoms with Crippen LogP contribution in [0, 0.1) is 5.92 Å². The molecule has 9 heteroatoms. The fourth-order valence-electron chi connectivity index (χ4n) is 3.20. The molecule has 0 saturated heterocycles. The predicted molar refractivity (Wildman–Crippen MR) is 116 cm³/mol. The highest BCUT2D eigenvalue weighted by molar-refractivity contribution is 7.99. The van der Waals surface area contributed by atoms with E-state index in [4.69, 9.17) is 4.74 Å². The van der Waals surface area contributed by atoms with Gasteiger partial charge in [-0.3, -0.25) is 9.89 Å². The van der Waals surface area contributed by atoms with Gasteiger partial charge in [0.05, 0.1) is 17.9 Å². The Labute approximate surface area is 179 Å². The van der Waals surface area contributed by atoms with Crippen molar-refractivity contribution in [1.29, 1.82) is 0 Å². The molecular formula is C20H28N4O3S2. The summed E-state index contributed by atoms with van der Waals surface area (Å²) in [5, 5.41) is 11.1. The Kier molecular flexibility index (Phi) is 6.68. The highest BCUT2D eigenvalue weighted by atomic mass is 32.2. The lowest BCUT2D eigenvalue weighted by Gasteiger charge is -2.18. The first-order valence-corrected chi connectivity index (χ1v) is 11.7. The Bertz CT molecular complexity index is 898. The predicted octanol–water partition coefficient (Wildman–Crippen LogP) is 4.20. The van der Waals surface area contributed by atoms with Gasteiger partial charge in [0.15, 0.2) is 0 Å². The van der Waals surface area contributed by atoms with Crippen molar-refractivity contribution in [3.8, 4) is 0 Å². The lowest BCUT2D eigenvalue weighted by molar-refractivity contribution is -0.113. The summed E-state index contributed by atoms with van der Waals surface area (Å²) in [6.07, 6.45) is 2.82. The molecule has 7 nitrogen and oxygen atoms in total. The first-order chi connectivity index (χ1) is 13.7. The molecule has 0 bridgehead atoms. The second-order valence-corrected chi connectivity index (χ2v) is 10.4. The minimum atomic E-state index is -0.355. The van der Waals surface area contributed by atoms with Gasteiger partial charge in [-0.05, 0) is 37.7 Å². The van der Waals surface area contributed by atoms with E-state index in [2.05, 4.69) is 27.4 Å². The fraction of sp³-hybridized carbons (Fsp3) is 0.600. The molecule has 158 valence electrons. The number of esters is 1. The van der Waals surface area contributed by atoms with Gasteiger partial charge < -0.3 is 10.1 Å². The van der Waals surface area contributed by atoms with Crippen LogP contribution in [0.4, 0.5) is 5.00 Å². The SMILES string of the molecule is CCOC(=O)c1c(NC(=O)CSc2n[nH]c(C(C)(C)C)n2)sc2c1CCC(C)C2. The molecule has 1 atom stereocenters. The van der Waals surface area contributed by atoms with E-state index >= 15 is 0 Å². The monoisotopic (exact) mass is 436 g/mol. The second kappa shape index (κ2) is 8.87. The van der Waals surface area contributed by atoms with Gasteiger partial charge in [-0.2, -0.15) is 0 Å². The topological polar surface area (TPSA) is 97.0 Å². The maximum atomic E-state index is 12.6. The van der Waals surface area contributed by atoms with Crippen molar-refractivity contribution < 1.29 is 14.3 Å². The normalized spacial score (nSPS) is 16.4. The first-order valence-electron chi connectivity index (χ1n) is 9.86. The minimum Gasteiger partial charge on any atom is -0.462 e. The fourth-order valence-corrected chi connectivity index (χ4v) is 5.21. The zero-order valence-corrected chi connectivity index (χ0v) is 19.2. The number of rotatable bonds is 6. The van der Waals surface area contributed by atoms with Crippen LogP contribution in [-0.4, -0.2) is 39.4 Å². The van der Waals surface area contributed by atoms with Gasteiger partial charge in [-0.25, -0.2) is 9.78 Å². The molecule has 1 amide bonds. The highest BCUT2D eigenvalue weighted by Crippen LogP contribution is 2.40. The van der Waals surface area contributed by atoms with Gasteiger partial charge in [-0.1, -0.05) is 39.5 Å². The van der Waals surface area contributed by atoms with Crippen LogP contribution >= 0.6 is 23.1 Å². The molecule has 1 unspecified atom stereocenters. The van der Waals surface area contributed by atoms with Gasteiger partial charge in [0, 0.05) is 10.3 Å². The number of H-pyrrole nitrogens is 1. The zero-order chi connectivity index (χ0) is 21.2. The molecule has 2 N–H and O–H groups in total. The molecule has 0 saturated carbocycles. The largest absolute Gasteiger partial charge is 0.462 e. The van der Waals surface area contributed by atoms with Crippen LogP contribution in [0.2, 0.25) is 0 Å². The number of hydrogen-bond acceptors (Lipinski definition) is 7. The number of carbonyl (C=O) groups is 2. The van der Waals surface area contributed by atoms with E-state index < -0.39 is 0 Å². The van der Waals surface area contributed by atoms with Gasteiger partial charge in [0.2, 0.25) is 11.1 Å². The molecule has 1 aliphatic carbocycles. The lowest BCUT2D eigenvalue weighted by atomic mass is 9.88. The van der Waals surface area contributed by atoms with Crippen molar-refractivity contribution in [2.24, 2.45) is 5.92 Å². The summed E-state index contributed by atoms with van der Waals surface area (Å²) in [6.45, 7) is 10.5. The number of thiophene rings is 1. The smallest absolute Gasteiger partial charge is 0.341 e. The van der Waals surface area contributed by atoms with E-state index in [0.717, 1.165) is 30.7 Å². The molecule has 1 aliphatic rings. The van der Waals surface area contributed by atoms with Crippen molar-refractivity contribution in [2.75, 3.05) is 17.7 Å². The molecule has 3 rings (SSSR count). The average molecular weight is 437 g/mol. The van der Waals surface area contributed by atoms with E-state index in [1.165, 1.54) is 28.0 Å². The Morgan fingerprint density at radius 3 is 2.79 bits per heavy atom. The number of amides is 1. The van der Waals surface area contributed by atoms with Crippen LogP contribution in [0.25, 0.3) is 0 Å². The number of nitrogens with one attached hydrogen (secondary N) is 2. The molecule has 0 aromatic carbocycles. The number of nitrogens with zero attached hydrogens (tertiary/aromatic N) is 2. The standard InChI is InChI=1S/C20H28N4O3S2/c1-6-27-17(26)15-12-8-7-11(2)9-13(12)29-16(15)21-14(25)10-28-19-22-18(23-24-19)20(3,4)5/h11H,6-10H2,1-5H3,(H,21,25)(H,22,23,24). The van der Waals surface area contributed by atoms with Crippen LogP contribution in [0.3, 0.4) is 0 Å². The Morgan fingerprint density at radius 2 is 2.14 bits per heavy atom. The molecule has 2 heterocycles. The number of anilines is 1. The average Bonchev–Trinajstić information content (AvgIpc) is 3.24. The van der Waals surface area contributed by atoms with Crippen LogP contribution in [0.15, 0.2) is 5.16 Å². The van der Waals surface area contributed by atoms with Gasteiger partial charge in [-0.15, -0.1) is 16.4 Å². The van der Waals surface area contributed by atoms with E-state index in [1.807, 2.05) is 20.8 Å². The number of aromatic nitrogens is 3. The molecule has 0 fully saturated rings. The molecule has 0 spiro atoms. The Balaban J connectivity index is 1.71. The third kappa shape index (κ3) is 5.19. The van der Waals surface area contributed by atoms with Gasteiger partial charge in [0.25, 0.3) is 0 Å². The van der Waals surface area contributed by atoms with Crippen molar-refractivity contribution >= 4 is 40.0 Å². The highest BCUT2D eigenvalue weighted by Gasteiger charge is 2.29. The number of ether oxygens (including phenoxy) is 1. The minimum absolute atomic E-state index is 0.129. The summed E-state index contributed by atoms with van der Waals surface area (Å²) in [7, 11) is 0. The van der Waals surface area contributed by atoms with Crippen molar-refractivity contribution in [3.63, 3.8) is 0 Å². The molecule has 2 aromatic rings. The van der Waals surface area contributed by atoms with Crippen LogP contribution in [-0.2, 0) is 27.8 Å². The Hall–Kier alpha value is -1.87. The summed E-state index contributed by atoms with van der Waals surface area (Å²) in [4.78, 5) is 30.7. The number of thioether (sulfide) groups is 1. The van der Waals surface area contributed by atoms with Crippen molar-refractivity contribution in [2.45, 2.75) is 64.5 Å². The number of carbonyl (C=O) groups excluding carboxylic acids is 2. The summed E-state index contributed by atoms with van der Waals surface area (Å²) in [6, 6.07) is 0. The third-order valence-electron chi connectivity index (χ3n) is 4.75.